The third-order valence-electron chi connectivity index (χ3n) is 5.48. The van der Waals surface area contributed by atoms with E-state index >= 15 is 0 Å². The van der Waals surface area contributed by atoms with Crippen LogP contribution in [0.4, 0.5) is 11.4 Å². The third kappa shape index (κ3) is 5.37. The molecule has 0 fully saturated rings. The van der Waals surface area contributed by atoms with E-state index in [4.69, 9.17) is 4.74 Å². The Balaban J connectivity index is 2.02. The Morgan fingerprint density at radius 2 is 1.58 bits per heavy atom. The first-order valence-corrected chi connectivity index (χ1v) is 12.4. The molecule has 33 heavy (non-hydrogen) atoms. The molecule has 0 saturated heterocycles. The number of anilines is 2. The van der Waals surface area contributed by atoms with E-state index in [1.165, 1.54) is 7.11 Å². The number of amides is 1. The van der Waals surface area contributed by atoms with Crippen molar-refractivity contribution >= 4 is 27.3 Å². The number of carbonyl (C=O) groups is 1. The molecule has 1 amide bonds. The van der Waals surface area contributed by atoms with Crippen LogP contribution in [0.15, 0.2) is 71.6 Å². The van der Waals surface area contributed by atoms with Gasteiger partial charge in [0.15, 0.2) is 0 Å². The number of rotatable bonds is 9. The first kappa shape index (κ1) is 24.3. The summed E-state index contributed by atoms with van der Waals surface area (Å²) < 4.78 is 34.0. The highest BCUT2D eigenvalue weighted by atomic mass is 32.2. The zero-order valence-electron chi connectivity index (χ0n) is 19.5. The van der Waals surface area contributed by atoms with Gasteiger partial charge in [-0.1, -0.05) is 56.3 Å². The molecule has 0 saturated carbocycles. The predicted molar refractivity (Wildman–Crippen MR) is 133 cm³/mol. The van der Waals surface area contributed by atoms with Gasteiger partial charge in [-0.15, -0.1) is 0 Å². The summed E-state index contributed by atoms with van der Waals surface area (Å²) in [5.74, 6) is -0.184. The van der Waals surface area contributed by atoms with Crippen LogP contribution in [-0.4, -0.2) is 28.0 Å². The summed E-state index contributed by atoms with van der Waals surface area (Å²) in [5, 5.41) is 2.97. The fourth-order valence-corrected chi connectivity index (χ4v) is 5.39. The summed E-state index contributed by atoms with van der Waals surface area (Å²) in [6.45, 7) is 5.49. The lowest BCUT2D eigenvalue weighted by Crippen LogP contribution is -2.38. The second kappa shape index (κ2) is 10.5. The molecule has 174 valence electrons. The first-order chi connectivity index (χ1) is 15.8. The van der Waals surface area contributed by atoms with Gasteiger partial charge in [0.1, 0.15) is 17.2 Å². The van der Waals surface area contributed by atoms with Crippen molar-refractivity contribution in [1.29, 1.82) is 0 Å². The van der Waals surface area contributed by atoms with Crippen LogP contribution in [0.2, 0.25) is 0 Å². The first-order valence-electron chi connectivity index (χ1n) is 10.9. The molecular formula is C26H30N2O4S. The molecule has 0 heterocycles. The molecule has 0 unspecified atom stereocenters. The number of hydrogen-bond donors (Lipinski definition) is 1. The molecule has 0 spiro atoms. The topological polar surface area (TPSA) is 75.7 Å². The Hall–Kier alpha value is -3.32. The Morgan fingerprint density at radius 1 is 0.939 bits per heavy atom. The Labute approximate surface area is 196 Å². The fraction of sp³-hybridized carbons (Fsp3) is 0.269. The number of benzene rings is 3. The van der Waals surface area contributed by atoms with Crippen LogP contribution >= 0.6 is 0 Å². The lowest BCUT2D eigenvalue weighted by molar-refractivity contribution is -0.114. The van der Waals surface area contributed by atoms with E-state index in [9.17, 15) is 13.2 Å². The summed E-state index contributed by atoms with van der Waals surface area (Å²) in [6.07, 6.45) is 1.51. The van der Waals surface area contributed by atoms with E-state index < -0.39 is 15.9 Å². The maximum absolute atomic E-state index is 13.8. The minimum Gasteiger partial charge on any atom is -0.495 e. The second-order valence-corrected chi connectivity index (χ2v) is 9.54. The molecule has 3 aromatic carbocycles. The fourth-order valence-electron chi connectivity index (χ4n) is 3.73. The molecule has 6 nitrogen and oxygen atoms in total. The van der Waals surface area contributed by atoms with Crippen LogP contribution in [0.3, 0.4) is 0 Å². The molecule has 0 aliphatic rings. The lowest BCUT2D eigenvalue weighted by Gasteiger charge is -2.25. The summed E-state index contributed by atoms with van der Waals surface area (Å²) in [5.41, 5.74) is 3.95. The molecule has 3 rings (SSSR count). The van der Waals surface area contributed by atoms with Crippen molar-refractivity contribution in [1.82, 2.24) is 0 Å². The van der Waals surface area contributed by atoms with Crippen molar-refractivity contribution in [2.24, 2.45) is 0 Å². The van der Waals surface area contributed by atoms with Crippen molar-refractivity contribution in [3.8, 4) is 5.75 Å². The number of nitrogens with zero attached hydrogens (tertiary/aromatic N) is 1. The number of nitrogens with one attached hydrogen (secondary N) is 1. The van der Waals surface area contributed by atoms with Crippen LogP contribution in [0, 0.1) is 6.92 Å². The van der Waals surface area contributed by atoms with Crippen LogP contribution in [0.25, 0.3) is 0 Å². The number of hydrogen-bond acceptors (Lipinski definition) is 4. The largest absolute Gasteiger partial charge is 0.495 e. The predicted octanol–water partition coefficient (Wildman–Crippen LogP) is 4.96. The van der Waals surface area contributed by atoms with Crippen molar-refractivity contribution in [2.45, 2.75) is 38.5 Å². The van der Waals surface area contributed by atoms with E-state index in [1.807, 2.05) is 39.0 Å². The van der Waals surface area contributed by atoms with Crippen LogP contribution in [0.1, 0.15) is 30.5 Å². The van der Waals surface area contributed by atoms with Crippen molar-refractivity contribution < 1.29 is 17.9 Å². The van der Waals surface area contributed by atoms with Gasteiger partial charge in [-0.3, -0.25) is 9.10 Å². The number of sulfonamides is 1. The minimum absolute atomic E-state index is 0.0184. The SMILES string of the molecule is CCc1cccc(CC)c1NC(=O)CN(c1ccccc1)S(=O)(=O)c1cc(C)ccc1OC. The quantitative estimate of drug-likeness (QED) is 0.483. The monoisotopic (exact) mass is 466 g/mol. The zero-order valence-corrected chi connectivity index (χ0v) is 20.3. The van der Waals surface area contributed by atoms with E-state index in [0.29, 0.717) is 5.69 Å². The van der Waals surface area contributed by atoms with Gasteiger partial charge in [-0.2, -0.15) is 0 Å². The minimum atomic E-state index is -4.09. The standard InChI is InChI=1S/C26H30N2O4S/c1-5-20-11-10-12-21(6-2)26(20)27-25(29)18-28(22-13-8-7-9-14-22)33(30,31)24-17-19(3)15-16-23(24)32-4/h7-17H,5-6,18H2,1-4H3,(H,27,29). The molecule has 0 aliphatic heterocycles. The molecule has 0 atom stereocenters. The lowest BCUT2D eigenvalue weighted by atomic mass is 10.0. The van der Waals surface area contributed by atoms with Crippen LogP contribution in [0.5, 0.6) is 5.75 Å². The Morgan fingerprint density at radius 3 is 2.15 bits per heavy atom. The normalized spacial score (nSPS) is 11.2. The molecule has 3 aromatic rings. The molecule has 0 aliphatic carbocycles. The Kier molecular flexibility index (Phi) is 7.76. The summed E-state index contributed by atoms with van der Waals surface area (Å²) in [6, 6.07) is 19.5. The summed E-state index contributed by atoms with van der Waals surface area (Å²) >= 11 is 0. The second-order valence-electron chi connectivity index (χ2n) is 7.71. The highest BCUT2D eigenvalue weighted by Gasteiger charge is 2.30. The molecule has 0 aromatic heterocycles. The molecule has 0 bridgehead atoms. The average molecular weight is 467 g/mol. The van der Waals surface area contributed by atoms with Gasteiger partial charge >= 0.3 is 0 Å². The van der Waals surface area contributed by atoms with Gasteiger partial charge in [0.2, 0.25) is 5.91 Å². The van der Waals surface area contributed by atoms with Crippen LogP contribution in [-0.2, 0) is 27.7 Å². The summed E-state index contributed by atoms with van der Waals surface area (Å²) in [4.78, 5) is 13.2. The zero-order chi connectivity index (χ0) is 24.0. The number of methoxy groups -OCH3 is 1. The number of ether oxygens (including phenoxy) is 1. The van der Waals surface area contributed by atoms with E-state index in [-0.39, 0.29) is 17.2 Å². The van der Waals surface area contributed by atoms with E-state index in [0.717, 1.165) is 39.5 Å². The van der Waals surface area contributed by atoms with Gasteiger partial charge in [-0.25, -0.2) is 8.42 Å². The average Bonchev–Trinajstić information content (AvgIpc) is 2.83. The van der Waals surface area contributed by atoms with E-state index in [2.05, 4.69) is 5.32 Å². The van der Waals surface area contributed by atoms with Gasteiger partial charge < -0.3 is 10.1 Å². The molecule has 7 heteroatoms. The maximum atomic E-state index is 13.8. The van der Waals surface area contributed by atoms with Crippen LogP contribution < -0.4 is 14.4 Å². The number of para-hydroxylation sites is 2. The smallest absolute Gasteiger partial charge is 0.268 e. The van der Waals surface area contributed by atoms with Gasteiger partial charge in [0.05, 0.1) is 12.8 Å². The van der Waals surface area contributed by atoms with Gasteiger partial charge in [0.25, 0.3) is 10.0 Å². The summed E-state index contributed by atoms with van der Waals surface area (Å²) in [7, 11) is -2.66. The van der Waals surface area contributed by atoms with Crippen molar-refractivity contribution in [3.05, 3.63) is 83.4 Å². The highest BCUT2D eigenvalue weighted by Crippen LogP contribution is 2.31. The number of carbonyl (C=O) groups excluding carboxylic acids is 1. The highest BCUT2D eigenvalue weighted by molar-refractivity contribution is 7.93. The molecule has 1 N–H and O–H groups in total. The number of aryl methyl sites for hydroxylation is 3. The molecular weight excluding hydrogens is 436 g/mol. The Bertz CT molecular complexity index is 1200. The van der Waals surface area contributed by atoms with Gasteiger partial charge in [-0.05, 0) is 60.7 Å². The van der Waals surface area contributed by atoms with E-state index in [1.54, 1.807) is 48.5 Å². The van der Waals surface area contributed by atoms with Gasteiger partial charge in [0, 0.05) is 5.69 Å². The molecule has 0 radical (unpaired) electrons. The third-order valence-corrected chi connectivity index (χ3v) is 7.28. The maximum Gasteiger partial charge on any atom is 0.268 e. The van der Waals surface area contributed by atoms with Crippen molar-refractivity contribution in [3.63, 3.8) is 0 Å². The van der Waals surface area contributed by atoms with Crippen molar-refractivity contribution in [2.75, 3.05) is 23.3 Å².